The van der Waals surface area contributed by atoms with Crippen LogP contribution in [0.2, 0.25) is 0 Å². The molecule has 2 aliphatic rings. The fraction of sp³-hybridized carbons (Fsp3) is 0.733. The van der Waals surface area contributed by atoms with Crippen molar-refractivity contribution in [2.45, 2.75) is 56.3 Å². The van der Waals surface area contributed by atoms with Crippen molar-refractivity contribution in [1.82, 2.24) is 0 Å². The number of rotatable bonds is 0. The monoisotopic (exact) mass is 410 g/mol. The quantitative estimate of drug-likeness (QED) is 0.545. The summed E-state index contributed by atoms with van der Waals surface area (Å²) in [4.78, 5) is -0.208. The van der Waals surface area contributed by atoms with E-state index in [1.807, 2.05) is 6.92 Å². The van der Waals surface area contributed by atoms with Crippen molar-refractivity contribution in [3.05, 3.63) is 22.2 Å². The summed E-state index contributed by atoms with van der Waals surface area (Å²) >= 11 is 14.0. The zero-order valence-electron chi connectivity index (χ0n) is 11.8. The third-order valence-electron chi connectivity index (χ3n) is 5.21. The van der Waals surface area contributed by atoms with E-state index in [-0.39, 0.29) is 15.7 Å². The number of hydrogen-bond acceptors (Lipinski definition) is 1. The Balaban J connectivity index is 2.53. The highest BCUT2D eigenvalue weighted by molar-refractivity contribution is 9.11. The van der Waals surface area contributed by atoms with Gasteiger partial charge >= 0.3 is 0 Å². The summed E-state index contributed by atoms with van der Waals surface area (Å²) in [6.45, 7) is 8.52. The van der Waals surface area contributed by atoms with E-state index in [1.54, 1.807) is 0 Å². The first-order chi connectivity index (χ1) is 8.55. The molecule has 0 aliphatic heterocycles. The topological polar surface area (TPSA) is 20.2 Å². The van der Waals surface area contributed by atoms with Gasteiger partial charge in [0, 0.05) is 20.1 Å². The second-order valence-electron chi connectivity index (χ2n) is 6.63. The van der Waals surface area contributed by atoms with Crippen molar-refractivity contribution in [3.8, 4) is 0 Å². The molecule has 2 aliphatic carbocycles. The molecule has 0 amide bonds. The van der Waals surface area contributed by atoms with Crippen LogP contribution in [-0.4, -0.2) is 20.9 Å². The zero-order chi connectivity index (χ0) is 14.6. The number of halogens is 3. The molecule has 1 saturated carbocycles. The average molecular weight is 413 g/mol. The molecule has 4 unspecified atom stereocenters. The van der Waals surface area contributed by atoms with E-state index in [9.17, 15) is 5.11 Å². The van der Waals surface area contributed by atoms with Crippen molar-refractivity contribution < 1.29 is 5.11 Å². The second-order valence-corrected chi connectivity index (χ2v) is 9.45. The predicted octanol–water partition coefficient (Wildman–Crippen LogP) is 5.15. The second kappa shape index (κ2) is 4.86. The van der Waals surface area contributed by atoms with Gasteiger partial charge < -0.3 is 5.11 Å². The van der Waals surface area contributed by atoms with Crippen LogP contribution in [-0.2, 0) is 0 Å². The van der Waals surface area contributed by atoms with E-state index in [0.717, 1.165) is 10.9 Å². The van der Waals surface area contributed by atoms with Crippen LogP contribution in [0.15, 0.2) is 22.2 Å². The molecule has 0 aromatic rings. The highest BCUT2D eigenvalue weighted by Gasteiger charge is 2.59. The number of allylic oxidation sites excluding steroid dienone is 3. The summed E-state index contributed by atoms with van der Waals surface area (Å²) in [6, 6.07) is 0. The summed E-state index contributed by atoms with van der Waals surface area (Å²) in [5, 5.41) is 10.9. The lowest BCUT2D eigenvalue weighted by molar-refractivity contribution is -0.0528. The lowest BCUT2D eigenvalue weighted by Gasteiger charge is -2.58. The molecule has 19 heavy (non-hydrogen) atoms. The molecule has 0 radical (unpaired) electrons. The molecule has 1 fully saturated rings. The molecule has 0 aromatic carbocycles. The molecular formula is C15H21Br2ClO. The Morgan fingerprint density at radius 2 is 1.84 bits per heavy atom. The summed E-state index contributed by atoms with van der Waals surface area (Å²) in [7, 11) is 0. The number of aliphatic hydroxyl groups excluding tert-OH is 1. The first-order valence-corrected chi connectivity index (χ1v) is 8.70. The largest absolute Gasteiger partial charge is 0.392 e. The molecule has 4 atom stereocenters. The van der Waals surface area contributed by atoms with Crippen LogP contribution in [0.1, 0.15) is 40.5 Å². The van der Waals surface area contributed by atoms with Gasteiger partial charge in [0.25, 0.3) is 0 Å². The smallest absolute Gasteiger partial charge is 0.0659 e. The molecule has 4 heteroatoms. The van der Waals surface area contributed by atoms with Crippen LogP contribution in [0.5, 0.6) is 0 Å². The Morgan fingerprint density at radius 3 is 2.42 bits per heavy atom. The maximum absolute atomic E-state index is 10.9. The fourth-order valence-corrected chi connectivity index (χ4v) is 5.08. The summed E-state index contributed by atoms with van der Waals surface area (Å²) in [6.07, 6.45) is 5.22. The van der Waals surface area contributed by atoms with Crippen LogP contribution in [0.4, 0.5) is 0 Å². The van der Waals surface area contributed by atoms with E-state index in [4.69, 9.17) is 11.6 Å². The van der Waals surface area contributed by atoms with Crippen LogP contribution >= 0.6 is 43.5 Å². The van der Waals surface area contributed by atoms with Gasteiger partial charge in [-0.15, -0.1) is 11.6 Å². The van der Waals surface area contributed by atoms with Crippen molar-refractivity contribution >= 4 is 43.5 Å². The van der Waals surface area contributed by atoms with Crippen molar-refractivity contribution in [2.75, 3.05) is 0 Å². The molecular weight excluding hydrogens is 391 g/mol. The first kappa shape index (κ1) is 16.1. The summed E-state index contributed by atoms with van der Waals surface area (Å²) in [5.74, 6) is 0. The Bertz CT molecular complexity index is 453. The Kier molecular flexibility index (Phi) is 4.11. The third-order valence-corrected chi connectivity index (χ3v) is 8.48. The van der Waals surface area contributed by atoms with Crippen LogP contribution < -0.4 is 0 Å². The lowest BCUT2D eigenvalue weighted by atomic mass is 9.51. The van der Waals surface area contributed by atoms with Crippen LogP contribution in [0.25, 0.3) is 0 Å². The molecule has 0 saturated heterocycles. The molecule has 1 N–H and O–H groups in total. The maximum Gasteiger partial charge on any atom is 0.0659 e. The SMILES string of the molecule is CC1=CC=C(Br)C(C)(C)C12CC(Br)C(C)(Cl)CC2O. The minimum atomic E-state index is -0.434. The normalized spacial score (nSPS) is 45.9. The van der Waals surface area contributed by atoms with Gasteiger partial charge in [-0.3, -0.25) is 0 Å². The molecule has 0 bridgehead atoms. The van der Waals surface area contributed by atoms with Crippen molar-refractivity contribution in [2.24, 2.45) is 10.8 Å². The van der Waals surface area contributed by atoms with Crippen molar-refractivity contribution in [1.29, 1.82) is 0 Å². The number of alkyl halides is 2. The molecule has 1 spiro atoms. The predicted molar refractivity (Wildman–Crippen MR) is 89.2 cm³/mol. The molecule has 0 heterocycles. The summed E-state index contributed by atoms with van der Waals surface area (Å²) in [5.41, 5.74) is 0.846. The van der Waals surface area contributed by atoms with Crippen molar-refractivity contribution in [3.63, 3.8) is 0 Å². The number of hydrogen-bond donors (Lipinski definition) is 1. The highest BCUT2D eigenvalue weighted by Crippen LogP contribution is 2.63. The Morgan fingerprint density at radius 1 is 1.26 bits per heavy atom. The Hall–Kier alpha value is 0.690. The van der Waals surface area contributed by atoms with Gasteiger partial charge in [0.05, 0.1) is 11.0 Å². The van der Waals surface area contributed by atoms with Gasteiger partial charge in [-0.2, -0.15) is 0 Å². The maximum atomic E-state index is 10.9. The van der Waals surface area contributed by atoms with Gasteiger partial charge in [0.1, 0.15) is 0 Å². The standard InChI is InChI=1S/C15H21Br2ClO/c1-9-5-6-10(16)13(2,3)15(9)7-11(17)14(4,18)8-12(15)19/h5-6,11-12,19H,7-8H2,1-4H3. The van der Waals surface area contributed by atoms with E-state index in [1.165, 1.54) is 5.57 Å². The number of aliphatic hydroxyl groups is 1. The molecule has 2 rings (SSSR count). The van der Waals surface area contributed by atoms with Gasteiger partial charge in [0.15, 0.2) is 0 Å². The van der Waals surface area contributed by atoms with Crippen LogP contribution in [0.3, 0.4) is 0 Å². The third kappa shape index (κ3) is 2.20. The molecule has 108 valence electrons. The minimum absolute atomic E-state index is 0.134. The summed E-state index contributed by atoms with van der Waals surface area (Å²) < 4.78 is 1.14. The average Bonchev–Trinajstić information content (AvgIpc) is 2.27. The molecule has 0 aromatic heterocycles. The van der Waals surface area contributed by atoms with Gasteiger partial charge in [-0.1, -0.05) is 63.4 Å². The Labute approximate surface area is 137 Å². The fourth-order valence-electron chi connectivity index (χ4n) is 3.67. The van der Waals surface area contributed by atoms with Gasteiger partial charge in [0.2, 0.25) is 0 Å². The molecule has 1 nitrogen and oxygen atoms in total. The van der Waals surface area contributed by atoms with E-state index in [0.29, 0.717) is 6.42 Å². The zero-order valence-corrected chi connectivity index (χ0v) is 15.7. The van der Waals surface area contributed by atoms with E-state index < -0.39 is 11.0 Å². The minimum Gasteiger partial charge on any atom is -0.392 e. The first-order valence-electron chi connectivity index (χ1n) is 6.62. The van der Waals surface area contributed by atoms with Gasteiger partial charge in [-0.05, 0) is 26.7 Å². The van der Waals surface area contributed by atoms with E-state index in [2.05, 4.69) is 64.8 Å². The highest BCUT2D eigenvalue weighted by atomic mass is 79.9. The van der Waals surface area contributed by atoms with Gasteiger partial charge in [-0.25, -0.2) is 0 Å². The van der Waals surface area contributed by atoms with E-state index >= 15 is 0 Å². The lowest BCUT2D eigenvalue weighted by Crippen LogP contribution is -2.58. The van der Waals surface area contributed by atoms with Crippen LogP contribution in [0, 0.1) is 10.8 Å².